The van der Waals surface area contributed by atoms with Crippen LogP contribution in [-0.4, -0.2) is 36.9 Å². The molecule has 88 valence electrons. The molecule has 1 atom stereocenters. The third-order valence-electron chi connectivity index (χ3n) is 3.22. The second-order valence-electron chi connectivity index (χ2n) is 4.39. The highest BCUT2D eigenvalue weighted by Crippen LogP contribution is 2.22. The molecule has 1 unspecified atom stereocenters. The summed E-state index contributed by atoms with van der Waals surface area (Å²) in [6.45, 7) is 3.70. The van der Waals surface area contributed by atoms with Crippen LogP contribution in [0.15, 0.2) is 4.99 Å². The van der Waals surface area contributed by atoms with E-state index in [1.165, 1.54) is 37.9 Å². The van der Waals surface area contributed by atoms with Crippen LogP contribution in [-0.2, 0) is 0 Å². The van der Waals surface area contributed by atoms with Crippen molar-refractivity contribution < 1.29 is 0 Å². The van der Waals surface area contributed by atoms with Crippen molar-refractivity contribution in [3.63, 3.8) is 0 Å². The molecule has 0 aromatic carbocycles. The molecule has 1 rings (SSSR count). The summed E-state index contributed by atoms with van der Waals surface area (Å²) < 4.78 is 0. The molecular formula is C12H25N3. The van der Waals surface area contributed by atoms with Crippen LogP contribution in [0.2, 0.25) is 0 Å². The summed E-state index contributed by atoms with van der Waals surface area (Å²) in [5.74, 6) is 1.27. The minimum atomic E-state index is 0.665. The first-order valence-electron chi connectivity index (χ1n) is 6.25. The van der Waals surface area contributed by atoms with Crippen molar-refractivity contribution in [2.75, 3.05) is 20.1 Å². The van der Waals surface area contributed by atoms with E-state index in [2.05, 4.69) is 23.9 Å². The largest absolute Gasteiger partial charge is 0.360 e. The van der Waals surface area contributed by atoms with Crippen LogP contribution in [0.5, 0.6) is 0 Å². The van der Waals surface area contributed by atoms with Crippen LogP contribution in [0, 0.1) is 0 Å². The zero-order valence-electron chi connectivity index (χ0n) is 10.2. The number of aliphatic imine (C=N–C) groups is 1. The first-order valence-corrected chi connectivity index (χ1v) is 6.25. The van der Waals surface area contributed by atoms with E-state index in [1.54, 1.807) is 0 Å². The Morgan fingerprint density at radius 2 is 2.27 bits per heavy atom. The van der Waals surface area contributed by atoms with E-state index >= 15 is 0 Å². The van der Waals surface area contributed by atoms with Gasteiger partial charge in [0, 0.05) is 26.1 Å². The number of amidine groups is 1. The van der Waals surface area contributed by atoms with Crippen LogP contribution in [0.1, 0.15) is 45.4 Å². The predicted molar refractivity (Wildman–Crippen MR) is 66.3 cm³/mol. The Balaban J connectivity index is 2.31. The van der Waals surface area contributed by atoms with Crippen LogP contribution in [0.3, 0.4) is 0 Å². The molecule has 0 radical (unpaired) electrons. The van der Waals surface area contributed by atoms with Gasteiger partial charge in [-0.2, -0.15) is 0 Å². The minimum Gasteiger partial charge on any atom is -0.360 e. The number of nitrogens with zero attached hydrogens (tertiary/aromatic N) is 2. The minimum absolute atomic E-state index is 0.665. The van der Waals surface area contributed by atoms with Gasteiger partial charge in [-0.05, 0) is 12.8 Å². The van der Waals surface area contributed by atoms with Gasteiger partial charge in [-0.15, -0.1) is 0 Å². The molecule has 0 aromatic heterocycles. The first kappa shape index (κ1) is 12.5. The molecular weight excluding hydrogens is 186 g/mol. The average molecular weight is 211 g/mol. The van der Waals surface area contributed by atoms with Gasteiger partial charge in [-0.1, -0.05) is 26.2 Å². The molecule has 1 aliphatic heterocycles. The summed E-state index contributed by atoms with van der Waals surface area (Å²) in [6, 6.07) is 0.730. The number of likely N-dealkylation sites (tertiary alicyclic amines) is 1. The molecule has 15 heavy (non-hydrogen) atoms. The van der Waals surface area contributed by atoms with Crippen LogP contribution in [0.25, 0.3) is 0 Å². The average Bonchev–Trinajstić information content (AvgIpc) is 2.58. The monoisotopic (exact) mass is 211 g/mol. The van der Waals surface area contributed by atoms with E-state index in [9.17, 15) is 0 Å². The lowest BCUT2D eigenvalue weighted by molar-refractivity contribution is 0.360. The van der Waals surface area contributed by atoms with Crippen molar-refractivity contribution >= 4 is 5.84 Å². The molecule has 2 N–H and O–H groups in total. The van der Waals surface area contributed by atoms with Crippen molar-refractivity contribution in [2.45, 2.75) is 51.5 Å². The Labute approximate surface area is 93.7 Å². The van der Waals surface area contributed by atoms with Crippen LogP contribution < -0.4 is 5.73 Å². The van der Waals surface area contributed by atoms with E-state index in [4.69, 9.17) is 5.73 Å². The maximum absolute atomic E-state index is 5.46. The Morgan fingerprint density at radius 1 is 1.47 bits per heavy atom. The van der Waals surface area contributed by atoms with Gasteiger partial charge in [-0.3, -0.25) is 4.99 Å². The normalized spacial score (nSPS) is 24.1. The topological polar surface area (TPSA) is 41.6 Å². The molecule has 1 saturated heterocycles. The number of hydrogen-bond donors (Lipinski definition) is 1. The third kappa shape index (κ3) is 3.82. The predicted octanol–water partition coefficient (Wildman–Crippen LogP) is 2.02. The summed E-state index contributed by atoms with van der Waals surface area (Å²) in [5, 5.41) is 0. The molecule has 0 bridgehead atoms. The second-order valence-corrected chi connectivity index (χ2v) is 4.39. The molecule has 3 heteroatoms. The number of hydrogen-bond acceptors (Lipinski definition) is 2. The van der Waals surface area contributed by atoms with Gasteiger partial charge in [0.25, 0.3) is 0 Å². The SMILES string of the molecule is CCCCCC1CCC(=NCCN)N1C. The Kier molecular flexibility index (Phi) is 5.69. The maximum Gasteiger partial charge on any atom is 0.0990 e. The molecule has 0 aliphatic carbocycles. The van der Waals surface area contributed by atoms with E-state index in [-0.39, 0.29) is 0 Å². The van der Waals surface area contributed by atoms with E-state index in [0.29, 0.717) is 6.54 Å². The molecule has 0 aromatic rings. The lowest BCUT2D eigenvalue weighted by atomic mass is 10.1. The quantitative estimate of drug-likeness (QED) is 0.683. The fourth-order valence-corrected chi connectivity index (χ4v) is 2.23. The highest BCUT2D eigenvalue weighted by Gasteiger charge is 2.24. The summed E-state index contributed by atoms with van der Waals surface area (Å²) in [5.41, 5.74) is 5.46. The number of nitrogens with two attached hydrogens (primary N) is 1. The van der Waals surface area contributed by atoms with E-state index in [0.717, 1.165) is 19.0 Å². The maximum atomic E-state index is 5.46. The van der Waals surface area contributed by atoms with E-state index in [1.807, 2.05) is 0 Å². The van der Waals surface area contributed by atoms with Crippen molar-refractivity contribution in [1.82, 2.24) is 4.90 Å². The standard InChI is InChI=1S/C12H25N3/c1-3-4-5-6-11-7-8-12(15(11)2)14-10-9-13/h11H,3-10,13H2,1-2H3. The van der Waals surface area contributed by atoms with Gasteiger partial charge < -0.3 is 10.6 Å². The zero-order valence-corrected chi connectivity index (χ0v) is 10.2. The van der Waals surface area contributed by atoms with Gasteiger partial charge in [0.05, 0.1) is 12.4 Å². The smallest absolute Gasteiger partial charge is 0.0990 e. The van der Waals surface area contributed by atoms with Crippen molar-refractivity contribution in [2.24, 2.45) is 10.7 Å². The van der Waals surface area contributed by atoms with Gasteiger partial charge >= 0.3 is 0 Å². The molecule has 3 nitrogen and oxygen atoms in total. The molecule has 0 saturated carbocycles. The Morgan fingerprint density at radius 3 is 2.93 bits per heavy atom. The molecule has 0 spiro atoms. The van der Waals surface area contributed by atoms with Crippen LogP contribution in [0.4, 0.5) is 0 Å². The summed E-state index contributed by atoms with van der Waals surface area (Å²) in [6.07, 6.45) is 7.78. The fraction of sp³-hybridized carbons (Fsp3) is 0.917. The Bertz CT molecular complexity index is 201. The van der Waals surface area contributed by atoms with Gasteiger partial charge in [0.15, 0.2) is 0 Å². The first-order chi connectivity index (χ1) is 7.29. The highest BCUT2D eigenvalue weighted by atomic mass is 15.2. The number of unbranched alkanes of at least 4 members (excludes halogenated alkanes) is 2. The fourth-order valence-electron chi connectivity index (χ4n) is 2.23. The van der Waals surface area contributed by atoms with Crippen LogP contribution >= 0.6 is 0 Å². The Hall–Kier alpha value is -0.570. The van der Waals surface area contributed by atoms with Gasteiger partial charge in [0.2, 0.25) is 0 Å². The molecule has 0 amide bonds. The zero-order chi connectivity index (χ0) is 11.1. The lowest BCUT2D eigenvalue weighted by Crippen LogP contribution is -2.29. The van der Waals surface area contributed by atoms with Crippen molar-refractivity contribution in [3.8, 4) is 0 Å². The van der Waals surface area contributed by atoms with Gasteiger partial charge in [-0.25, -0.2) is 0 Å². The molecule has 1 fully saturated rings. The summed E-state index contributed by atoms with van der Waals surface area (Å²) in [7, 11) is 2.18. The van der Waals surface area contributed by atoms with E-state index < -0.39 is 0 Å². The van der Waals surface area contributed by atoms with Crippen molar-refractivity contribution in [3.05, 3.63) is 0 Å². The number of rotatable bonds is 6. The summed E-state index contributed by atoms with van der Waals surface area (Å²) >= 11 is 0. The molecule has 1 heterocycles. The second kappa shape index (κ2) is 6.83. The highest BCUT2D eigenvalue weighted by molar-refractivity contribution is 5.84. The molecule has 1 aliphatic rings. The lowest BCUT2D eigenvalue weighted by Gasteiger charge is -2.22. The van der Waals surface area contributed by atoms with Crippen molar-refractivity contribution in [1.29, 1.82) is 0 Å². The van der Waals surface area contributed by atoms with Gasteiger partial charge in [0.1, 0.15) is 0 Å². The summed E-state index contributed by atoms with van der Waals surface area (Å²) in [4.78, 5) is 6.89. The third-order valence-corrected chi connectivity index (χ3v) is 3.22.